The Morgan fingerprint density at radius 3 is 2.24 bits per heavy atom. The molecule has 5 heteroatoms. The van der Waals surface area contributed by atoms with Crippen LogP contribution in [0.4, 0.5) is 5.69 Å². The second-order valence-electron chi connectivity index (χ2n) is 6.05. The summed E-state index contributed by atoms with van der Waals surface area (Å²) in [6.45, 7) is 0. The minimum absolute atomic E-state index is 0.109. The van der Waals surface area contributed by atoms with E-state index >= 15 is 0 Å². The monoisotopic (exact) mass is 335 g/mol. The maximum atomic E-state index is 12.5. The summed E-state index contributed by atoms with van der Waals surface area (Å²) in [5, 5.41) is 5.78. The highest BCUT2D eigenvalue weighted by molar-refractivity contribution is 6.33. The van der Waals surface area contributed by atoms with Gasteiger partial charge < -0.3 is 9.64 Å². The molecule has 0 aromatic heterocycles. The van der Waals surface area contributed by atoms with Crippen molar-refractivity contribution in [3.05, 3.63) is 65.2 Å². The van der Waals surface area contributed by atoms with Gasteiger partial charge in [-0.1, -0.05) is 12.1 Å². The Bertz CT molecular complexity index is 834. The van der Waals surface area contributed by atoms with Crippen molar-refractivity contribution in [1.82, 2.24) is 5.01 Å². The van der Waals surface area contributed by atoms with Crippen LogP contribution in [0.1, 0.15) is 11.1 Å². The second kappa shape index (κ2) is 6.81. The third-order valence-electron chi connectivity index (χ3n) is 4.11. The number of nitrogens with zero attached hydrogens (tertiary/aromatic N) is 3. The lowest BCUT2D eigenvalue weighted by Crippen LogP contribution is -2.17. The van der Waals surface area contributed by atoms with Crippen LogP contribution in [0.3, 0.4) is 0 Å². The molecule has 0 unspecified atom stereocenters. The molecule has 0 spiro atoms. The van der Waals surface area contributed by atoms with Gasteiger partial charge >= 0.3 is 0 Å². The first-order chi connectivity index (χ1) is 12.0. The molecular formula is C20H21N3O2. The van der Waals surface area contributed by atoms with E-state index in [1.165, 1.54) is 5.01 Å². The lowest BCUT2D eigenvalue weighted by molar-refractivity contribution is -0.124. The highest BCUT2D eigenvalue weighted by Crippen LogP contribution is 2.24. The predicted octanol–water partition coefficient (Wildman–Crippen LogP) is 3.02. The molecule has 1 aliphatic heterocycles. The van der Waals surface area contributed by atoms with E-state index in [0.717, 1.165) is 22.6 Å². The minimum Gasteiger partial charge on any atom is -0.497 e. The zero-order valence-corrected chi connectivity index (χ0v) is 14.9. The number of hydrogen-bond acceptors (Lipinski definition) is 4. The molecule has 0 radical (unpaired) electrons. The number of carbonyl (C=O) groups is 1. The SMILES string of the molecule is COc1ccc(C2=NN(C)C(=O)C2=Cc2ccc(N(C)C)cc2)cc1. The summed E-state index contributed by atoms with van der Waals surface area (Å²) in [6.07, 6.45) is 1.88. The Kier molecular flexibility index (Phi) is 4.57. The largest absolute Gasteiger partial charge is 0.497 e. The van der Waals surface area contributed by atoms with E-state index in [-0.39, 0.29) is 5.91 Å². The van der Waals surface area contributed by atoms with E-state index in [4.69, 9.17) is 4.74 Å². The summed E-state index contributed by atoms with van der Waals surface area (Å²) in [5.41, 5.74) is 4.22. The number of hydrazone groups is 1. The number of carbonyl (C=O) groups excluding carboxylic acids is 1. The fourth-order valence-corrected chi connectivity index (χ4v) is 2.65. The second-order valence-corrected chi connectivity index (χ2v) is 6.05. The van der Waals surface area contributed by atoms with Gasteiger partial charge in [-0.05, 0) is 48.0 Å². The molecule has 0 N–H and O–H groups in total. The number of rotatable bonds is 4. The summed E-state index contributed by atoms with van der Waals surface area (Å²) >= 11 is 0. The van der Waals surface area contributed by atoms with E-state index in [2.05, 4.69) is 5.10 Å². The van der Waals surface area contributed by atoms with E-state index in [0.29, 0.717) is 11.3 Å². The molecule has 128 valence electrons. The van der Waals surface area contributed by atoms with E-state index in [1.807, 2.05) is 73.6 Å². The van der Waals surface area contributed by atoms with Crippen LogP contribution in [0.15, 0.2) is 59.2 Å². The van der Waals surface area contributed by atoms with Crippen molar-refractivity contribution in [2.24, 2.45) is 5.10 Å². The van der Waals surface area contributed by atoms with Crippen LogP contribution in [0.25, 0.3) is 6.08 Å². The van der Waals surface area contributed by atoms with Crippen LogP contribution in [-0.2, 0) is 4.79 Å². The molecule has 25 heavy (non-hydrogen) atoms. The average Bonchev–Trinajstić information content (AvgIpc) is 2.90. The van der Waals surface area contributed by atoms with Crippen LogP contribution in [-0.4, -0.2) is 44.9 Å². The molecule has 0 atom stereocenters. The highest BCUT2D eigenvalue weighted by Gasteiger charge is 2.28. The van der Waals surface area contributed by atoms with Gasteiger partial charge in [0, 0.05) is 32.4 Å². The van der Waals surface area contributed by atoms with E-state index in [1.54, 1.807) is 14.2 Å². The van der Waals surface area contributed by atoms with Crippen molar-refractivity contribution >= 4 is 23.4 Å². The summed E-state index contributed by atoms with van der Waals surface area (Å²) in [7, 11) is 7.29. The molecule has 2 aromatic rings. The molecule has 0 aliphatic carbocycles. The molecule has 5 nitrogen and oxygen atoms in total. The Hall–Kier alpha value is -3.08. The molecular weight excluding hydrogens is 314 g/mol. The summed E-state index contributed by atoms with van der Waals surface area (Å²) in [5.74, 6) is 0.661. The number of hydrogen-bond donors (Lipinski definition) is 0. The first kappa shape index (κ1) is 16.8. The van der Waals surface area contributed by atoms with Gasteiger partial charge in [0.25, 0.3) is 5.91 Å². The van der Waals surface area contributed by atoms with Gasteiger partial charge in [-0.15, -0.1) is 0 Å². The number of anilines is 1. The lowest BCUT2D eigenvalue weighted by atomic mass is 10.00. The predicted molar refractivity (Wildman–Crippen MR) is 101 cm³/mol. The highest BCUT2D eigenvalue weighted by atomic mass is 16.5. The number of methoxy groups -OCH3 is 1. The summed E-state index contributed by atoms with van der Waals surface area (Å²) < 4.78 is 5.19. The molecule has 1 heterocycles. The third kappa shape index (κ3) is 3.40. The smallest absolute Gasteiger partial charge is 0.276 e. The number of benzene rings is 2. The fourth-order valence-electron chi connectivity index (χ4n) is 2.65. The van der Waals surface area contributed by atoms with Gasteiger partial charge in [-0.2, -0.15) is 5.10 Å². The molecule has 2 aromatic carbocycles. The fraction of sp³-hybridized carbons (Fsp3) is 0.200. The number of amides is 1. The summed E-state index contributed by atoms with van der Waals surface area (Å²) in [4.78, 5) is 14.5. The number of ether oxygens (including phenoxy) is 1. The van der Waals surface area contributed by atoms with Crippen molar-refractivity contribution in [1.29, 1.82) is 0 Å². The zero-order valence-electron chi connectivity index (χ0n) is 14.9. The third-order valence-corrected chi connectivity index (χ3v) is 4.11. The van der Waals surface area contributed by atoms with Crippen molar-refractivity contribution < 1.29 is 9.53 Å². The van der Waals surface area contributed by atoms with Crippen LogP contribution in [0.5, 0.6) is 5.75 Å². The topological polar surface area (TPSA) is 45.1 Å². The van der Waals surface area contributed by atoms with E-state index in [9.17, 15) is 4.79 Å². The number of likely N-dealkylation sites (N-methyl/N-ethyl adjacent to an activating group) is 1. The molecule has 0 fully saturated rings. The standard InChI is InChI=1S/C20H21N3O2/c1-22(2)16-9-5-14(6-10-16)13-18-19(21-23(3)20(18)24)15-7-11-17(25-4)12-8-15/h5-13H,1-4H3. The van der Waals surface area contributed by atoms with Gasteiger partial charge in [0.2, 0.25) is 0 Å². The Morgan fingerprint density at radius 1 is 1.04 bits per heavy atom. The van der Waals surface area contributed by atoms with Crippen LogP contribution >= 0.6 is 0 Å². The first-order valence-corrected chi connectivity index (χ1v) is 8.00. The van der Waals surface area contributed by atoms with Crippen LogP contribution in [0, 0.1) is 0 Å². The molecule has 0 bridgehead atoms. The molecule has 0 saturated carbocycles. The Balaban J connectivity index is 1.96. The maximum absolute atomic E-state index is 12.5. The Labute approximate surface area is 147 Å². The molecule has 1 amide bonds. The average molecular weight is 335 g/mol. The van der Waals surface area contributed by atoms with Crippen LogP contribution in [0.2, 0.25) is 0 Å². The normalized spacial score (nSPS) is 15.5. The zero-order chi connectivity index (χ0) is 18.0. The van der Waals surface area contributed by atoms with Gasteiger partial charge in [0.1, 0.15) is 11.5 Å². The molecule has 1 aliphatic rings. The van der Waals surface area contributed by atoms with Crippen molar-refractivity contribution in [3.8, 4) is 5.75 Å². The van der Waals surface area contributed by atoms with Crippen molar-refractivity contribution in [2.45, 2.75) is 0 Å². The van der Waals surface area contributed by atoms with Gasteiger partial charge in [-0.25, -0.2) is 5.01 Å². The molecule has 3 rings (SSSR count). The van der Waals surface area contributed by atoms with Crippen LogP contribution < -0.4 is 9.64 Å². The Morgan fingerprint density at radius 2 is 1.68 bits per heavy atom. The van der Waals surface area contributed by atoms with Crippen molar-refractivity contribution in [3.63, 3.8) is 0 Å². The van der Waals surface area contributed by atoms with Crippen molar-refractivity contribution in [2.75, 3.05) is 33.2 Å². The lowest BCUT2D eigenvalue weighted by Gasteiger charge is -2.12. The van der Waals surface area contributed by atoms with Gasteiger partial charge in [0.05, 0.1) is 12.7 Å². The quantitative estimate of drug-likeness (QED) is 0.807. The van der Waals surface area contributed by atoms with Gasteiger partial charge in [-0.3, -0.25) is 4.79 Å². The summed E-state index contributed by atoms with van der Waals surface area (Å²) in [6, 6.07) is 15.6. The maximum Gasteiger partial charge on any atom is 0.276 e. The molecule has 0 saturated heterocycles. The minimum atomic E-state index is -0.109. The van der Waals surface area contributed by atoms with E-state index < -0.39 is 0 Å². The van der Waals surface area contributed by atoms with Gasteiger partial charge in [0.15, 0.2) is 0 Å². The first-order valence-electron chi connectivity index (χ1n) is 8.00.